The van der Waals surface area contributed by atoms with Crippen LogP contribution < -0.4 is 21.5 Å². The van der Waals surface area contributed by atoms with Crippen LogP contribution in [-0.4, -0.2) is 22.8 Å². The van der Waals surface area contributed by atoms with E-state index in [4.69, 9.17) is 12.2 Å². The largest absolute Gasteiger partial charge is 0.326 e. The average Bonchev–Trinajstić information content (AvgIpc) is 3.26. The molecule has 0 aromatic heterocycles. The third-order valence-electron chi connectivity index (χ3n) is 5.88. The summed E-state index contributed by atoms with van der Waals surface area (Å²) in [5, 5.41) is 5.59. The van der Waals surface area contributed by atoms with Crippen LogP contribution in [0.5, 0.6) is 0 Å². The SMILES string of the molecule is O=C(CC1CCCC1)NC(=S)NNC(=O)c1ccc(NC(=O)C2CCCCC2)cc1. The maximum absolute atomic E-state index is 12.3. The zero-order valence-electron chi connectivity index (χ0n) is 17.2. The van der Waals surface area contributed by atoms with E-state index in [1.807, 2.05) is 0 Å². The number of hydrogen-bond donors (Lipinski definition) is 4. The van der Waals surface area contributed by atoms with Crippen LogP contribution in [0, 0.1) is 11.8 Å². The highest BCUT2D eigenvalue weighted by Crippen LogP contribution is 2.27. The van der Waals surface area contributed by atoms with Gasteiger partial charge in [0.05, 0.1) is 0 Å². The topological polar surface area (TPSA) is 99.3 Å². The fraction of sp³-hybridized carbons (Fsp3) is 0.545. The Kier molecular flexibility index (Phi) is 8.19. The standard InChI is InChI=1S/C22H30N4O3S/c27-19(14-15-6-4-5-7-15)24-22(30)26-25-21(29)17-10-12-18(13-11-17)23-20(28)16-8-2-1-3-9-16/h10-13,15-16H,1-9,14H2,(H,23,28)(H,25,29)(H2,24,26,27,30). The second kappa shape index (κ2) is 11.1. The Morgan fingerprint density at radius 2 is 1.50 bits per heavy atom. The van der Waals surface area contributed by atoms with Crippen molar-refractivity contribution >= 4 is 40.7 Å². The van der Waals surface area contributed by atoms with Gasteiger partial charge in [0.2, 0.25) is 11.8 Å². The maximum Gasteiger partial charge on any atom is 0.269 e. The summed E-state index contributed by atoms with van der Waals surface area (Å²) in [6, 6.07) is 6.68. The molecular weight excluding hydrogens is 400 g/mol. The van der Waals surface area contributed by atoms with Gasteiger partial charge in [0.25, 0.3) is 5.91 Å². The molecule has 30 heavy (non-hydrogen) atoms. The van der Waals surface area contributed by atoms with Crippen LogP contribution in [0.3, 0.4) is 0 Å². The molecule has 162 valence electrons. The fourth-order valence-corrected chi connectivity index (χ4v) is 4.35. The molecule has 2 aliphatic carbocycles. The summed E-state index contributed by atoms with van der Waals surface area (Å²) < 4.78 is 0. The number of carbonyl (C=O) groups is 3. The van der Waals surface area contributed by atoms with Crippen molar-refractivity contribution in [3.05, 3.63) is 29.8 Å². The van der Waals surface area contributed by atoms with E-state index in [1.54, 1.807) is 24.3 Å². The first-order valence-electron chi connectivity index (χ1n) is 10.8. The summed E-state index contributed by atoms with van der Waals surface area (Å²) in [5.41, 5.74) is 6.12. The monoisotopic (exact) mass is 430 g/mol. The number of hydrazine groups is 1. The van der Waals surface area contributed by atoms with Gasteiger partial charge in [-0.05, 0) is 68.1 Å². The zero-order valence-corrected chi connectivity index (χ0v) is 18.0. The smallest absolute Gasteiger partial charge is 0.269 e. The average molecular weight is 431 g/mol. The van der Waals surface area contributed by atoms with Crippen molar-refractivity contribution in [1.82, 2.24) is 16.2 Å². The number of anilines is 1. The number of benzene rings is 1. The van der Waals surface area contributed by atoms with Crippen LogP contribution in [0.2, 0.25) is 0 Å². The molecule has 0 radical (unpaired) electrons. The minimum Gasteiger partial charge on any atom is -0.326 e. The van der Waals surface area contributed by atoms with Crippen LogP contribution in [0.15, 0.2) is 24.3 Å². The second-order valence-corrected chi connectivity index (χ2v) is 8.62. The Bertz CT molecular complexity index is 769. The van der Waals surface area contributed by atoms with Crippen molar-refractivity contribution in [1.29, 1.82) is 0 Å². The van der Waals surface area contributed by atoms with Crippen molar-refractivity contribution in [2.24, 2.45) is 11.8 Å². The minimum absolute atomic E-state index is 0.0484. The predicted octanol–water partition coefficient (Wildman–Crippen LogP) is 3.42. The van der Waals surface area contributed by atoms with Crippen molar-refractivity contribution in [3.8, 4) is 0 Å². The molecule has 1 aromatic carbocycles. The summed E-state index contributed by atoms with van der Waals surface area (Å²) in [6.45, 7) is 0. The molecule has 7 nitrogen and oxygen atoms in total. The van der Waals surface area contributed by atoms with Crippen LogP contribution in [0.25, 0.3) is 0 Å². The lowest BCUT2D eigenvalue weighted by Crippen LogP contribution is -2.48. The van der Waals surface area contributed by atoms with Crippen LogP contribution in [-0.2, 0) is 9.59 Å². The molecule has 1 aromatic rings. The van der Waals surface area contributed by atoms with E-state index in [-0.39, 0.29) is 28.8 Å². The van der Waals surface area contributed by atoms with Gasteiger partial charge in [-0.2, -0.15) is 0 Å². The van der Waals surface area contributed by atoms with Gasteiger partial charge in [-0.15, -0.1) is 0 Å². The lowest BCUT2D eigenvalue weighted by Gasteiger charge is -2.20. The Hall–Kier alpha value is -2.48. The minimum atomic E-state index is -0.382. The molecule has 0 heterocycles. The summed E-state index contributed by atoms with van der Waals surface area (Å²) in [4.78, 5) is 36.6. The molecule has 3 rings (SSSR count). The summed E-state index contributed by atoms with van der Waals surface area (Å²) in [6.07, 6.45) is 10.3. The third-order valence-corrected chi connectivity index (χ3v) is 6.09. The van der Waals surface area contributed by atoms with Gasteiger partial charge in [0.15, 0.2) is 5.11 Å². The molecule has 0 aliphatic heterocycles. The van der Waals surface area contributed by atoms with Crippen molar-refractivity contribution in [2.75, 3.05) is 5.32 Å². The highest BCUT2D eigenvalue weighted by molar-refractivity contribution is 7.80. The molecule has 0 saturated heterocycles. The van der Waals surface area contributed by atoms with Crippen LogP contribution in [0.1, 0.15) is 74.6 Å². The van der Waals surface area contributed by atoms with E-state index in [9.17, 15) is 14.4 Å². The fourth-order valence-electron chi connectivity index (χ4n) is 4.19. The third kappa shape index (κ3) is 6.79. The van der Waals surface area contributed by atoms with E-state index in [2.05, 4.69) is 21.5 Å². The van der Waals surface area contributed by atoms with E-state index in [0.717, 1.165) is 38.5 Å². The lowest BCUT2D eigenvalue weighted by atomic mass is 9.88. The van der Waals surface area contributed by atoms with Crippen LogP contribution in [0.4, 0.5) is 5.69 Å². The van der Waals surface area contributed by atoms with Crippen molar-refractivity contribution in [3.63, 3.8) is 0 Å². The van der Waals surface area contributed by atoms with Crippen molar-refractivity contribution in [2.45, 2.75) is 64.2 Å². The number of hydrogen-bond acceptors (Lipinski definition) is 4. The van der Waals surface area contributed by atoms with Gasteiger partial charge >= 0.3 is 0 Å². The molecule has 2 aliphatic rings. The summed E-state index contributed by atoms with van der Waals surface area (Å²) >= 11 is 5.06. The quantitative estimate of drug-likeness (QED) is 0.424. The highest BCUT2D eigenvalue weighted by Gasteiger charge is 2.21. The molecule has 4 N–H and O–H groups in total. The maximum atomic E-state index is 12.3. The molecule has 0 unspecified atom stereocenters. The predicted molar refractivity (Wildman–Crippen MR) is 120 cm³/mol. The first-order valence-corrected chi connectivity index (χ1v) is 11.2. The number of nitrogens with one attached hydrogen (secondary N) is 4. The molecule has 0 atom stereocenters. The first-order chi connectivity index (χ1) is 14.5. The number of thiocarbonyl (C=S) groups is 1. The molecule has 2 fully saturated rings. The first kappa shape index (κ1) is 22.2. The van der Waals surface area contributed by atoms with Gasteiger partial charge in [-0.1, -0.05) is 32.1 Å². The van der Waals surface area contributed by atoms with Gasteiger partial charge in [-0.3, -0.25) is 25.2 Å². The number of rotatable bonds is 5. The van der Waals surface area contributed by atoms with Gasteiger partial charge in [0, 0.05) is 23.6 Å². The van der Waals surface area contributed by atoms with E-state index >= 15 is 0 Å². The summed E-state index contributed by atoms with van der Waals surface area (Å²) in [5.74, 6) is 0.0434. The normalized spacial score (nSPS) is 17.2. The molecular formula is C22H30N4O3S. The summed E-state index contributed by atoms with van der Waals surface area (Å²) in [7, 11) is 0. The zero-order chi connectivity index (χ0) is 21.3. The molecule has 3 amide bonds. The number of amides is 3. The van der Waals surface area contributed by atoms with E-state index in [0.29, 0.717) is 23.6 Å². The Labute approximate surface area is 182 Å². The number of carbonyl (C=O) groups excluding carboxylic acids is 3. The highest BCUT2D eigenvalue weighted by atomic mass is 32.1. The van der Waals surface area contributed by atoms with E-state index < -0.39 is 0 Å². The van der Waals surface area contributed by atoms with E-state index in [1.165, 1.54) is 19.3 Å². The van der Waals surface area contributed by atoms with Crippen molar-refractivity contribution < 1.29 is 14.4 Å². The van der Waals surface area contributed by atoms with Crippen LogP contribution >= 0.6 is 12.2 Å². The van der Waals surface area contributed by atoms with Gasteiger partial charge < -0.3 is 10.6 Å². The van der Waals surface area contributed by atoms with Gasteiger partial charge in [-0.25, -0.2) is 0 Å². The Morgan fingerprint density at radius 1 is 0.867 bits per heavy atom. The van der Waals surface area contributed by atoms with Gasteiger partial charge in [0.1, 0.15) is 0 Å². The Balaban J connectivity index is 1.39. The molecule has 0 bridgehead atoms. The molecule has 0 spiro atoms. The molecule has 2 saturated carbocycles. The lowest BCUT2D eigenvalue weighted by molar-refractivity contribution is -0.121. The second-order valence-electron chi connectivity index (χ2n) is 8.21. The Morgan fingerprint density at radius 3 is 2.17 bits per heavy atom. The molecule has 8 heteroatoms.